The molecule has 5 nitrogen and oxygen atoms in total. The zero-order valence-corrected chi connectivity index (χ0v) is 19.5. The number of imidazole rings is 1. The highest BCUT2D eigenvalue weighted by molar-refractivity contribution is 5.78. The van der Waals surface area contributed by atoms with Crippen LogP contribution in [-0.4, -0.2) is 22.1 Å². The predicted octanol–water partition coefficient (Wildman–Crippen LogP) is 5.54. The summed E-state index contributed by atoms with van der Waals surface area (Å²) in [6, 6.07) is 24.2. The predicted molar refractivity (Wildman–Crippen MR) is 132 cm³/mol. The topological polar surface area (TPSA) is 56.1 Å². The number of aromatic nitrogens is 2. The average molecular weight is 442 g/mol. The number of nitrogens with one attached hydrogen (secondary N) is 1. The maximum atomic E-state index is 12.6. The molecule has 33 heavy (non-hydrogen) atoms. The number of hydrogen-bond donors (Lipinski definition) is 1. The third-order valence-corrected chi connectivity index (χ3v) is 5.85. The van der Waals surface area contributed by atoms with Crippen LogP contribution in [0.1, 0.15) is 41.9 Å². The highest BCUT2D eigenvalue weighted by atomic mass is 16.5. The number of rotatable bonds is 9. The fourth-order valence-corrected chi connectivity index (χ4v) is 4.05. The standard InChI is InChI=1S/C28H31N3O2/c1-20-13-14-21(2)26(19-20)33-18-17-31-25-12-8-7-11-24(25)30-28(31)22(3)29-27(32)16-15-23-9-5-4-6-10-23/h4-14,19,22H,15-18H2,1-3H3,(H,29,32). The van der Waals surface area contributed by atoms with Crippen LogP contribution in [0.2, 0.25) is 0 Å². The number of aryl methyl sites for hydroxylation is 3. The third kappa shape index (κ3) is 5.61. The molecule has 0 saturated heterocycles. The van der Waals surface area contributed by atoms with Gasteiger partial charge in [0.2, 0.25) is 5.91 Å². The van der Waals surface area contributed by atoms with Crippen LogP contribution in [0, 0.1) is 13.8 Å². The number of ether oxygens (including phenoxy) is 1. The average Bonchev–Trinajstić information content (AvgIpc) is 3.19. The second-order valence-electron chi connectivity index (χ2n) is 8.50. The molecule has 0 spiro atoms. The second-order valence-corrected chi connectivity index (χ2v) is 8.50. The summed E-state index contributed by atoms with van der Waals surface area (Å²) in [6.45, 7) is 7.28. The summed E-state index contributed by atoms with van der Waals surface area (Å²) >= 11 is 0. The number of carbonyl (C=O) groups excluding carboxylic acids is 1. The first-order valence-electron chi connectivity index (χ1n) is 11.5. The summed E-state index contributed by atoms with van der Waals surface area (Å²) in [5.41, 5.74) is 5.43. The van der Waals surface area contributed by atoms with Crippen molar-refractivity contribution in [2.75, 3.05) is 6.61 Å². The van der Waals surface area contributed by atoms with E-state index in [2.05, 4.69) is 48.0 Å². The number of nitrogens with zero attached hydrogens (tertiary/aromatic N) is 2. The summed E-state index contributed by atoms with van der Waals surface area (Å²) in [6.07, 6.45) is 1.17. The molecule has 3 aromatic carbocycles. The van der Waals surface area contributed by atoms with Crippen molar-refractivity contribution >= 4 is 16.9 Å². The fourth-order valence-electron chi connectivity index (χ4n) is 4.05. The lowest BCUT2D eigenvalue weighted by atomic mass is 10.1. The van der Waals surface area contributed by atoms with E-state index in [0.29, 0.717) is 19.6 Å². The quantitative estimate of drug-likeness (QED) is 0.371. The number of fused-ring (bicyclic) bond motifs is 1. The van der Waals surface area contributed by atoms with Gasteiger partial charge in [-0.05, 0) is 62.1 Å². The van der Waals surface area contributed by atoms with Crippen LogP contribution in [0.4, 0.5) is 0 Å². The molecule has 5 heteroatoms. The number of hydrogen-bond acceptors (Lipinski definition) is 3. The Kier molecular flexibility index (Phi) is 7.08. The Bertz CT molecular complexity index is 1230. The van der Waals surface area contributed by atoms with E-state index in [-0.39, 0.29) is 11.9 Å². The van der Waals surface area contributed by atoms with E-state index in [1.165, 1.54) is 5.56 Å². The highest BCUT2D eigenvalue weighted by Crippen LogP contribution is 2.23. The molecular formula is C28H31N3O2. The first kappa shape index (κ1) is 22.6. The lowest BCUT2D eigenvalue weighted by Crippen LogP contribution is -2.29. The number of carbonyl (C=O) groups is 1. The van der Waals surface area contributed by atoms with E-state index in [4.69, 9.17) is 9.72 Å². The smallest absolute Gasteiger partial charge is 0.220 e. The van der Waals surface area contributed by atoms with E-state index in [9.17, 15) is 4.79 Å². The van der Waals surface area contributed by atoms with Gasteiger partial charge in [-0.3, -0.25) is 4.79 Å². The van der Waals surface area contributed by atoms with Crippen LogP contribution >= 0.6 is 0 Å². The van der Waals surface area contributed by atoms with Crippen molar-refractivity contribution in [1.29, 1.82) is 0 Å². The maximum absolute atomic E-state index is 12.6. The molecule has 4 rings (SSSR count). The summed E-state index contributed by atoms with van der Waals surface area (Å²) in [5.74, 6) is 1.77. The fraction of sp³-hybridized carbons (Fsp3) is 0.286. The summed E-state index contributed by atoms with van der Waals surface area (Å²) in [4.78, 5) is 17.5. The van der Waals surface area contributed by atoms with Crippen molar-refractivity contribution in [3.05, 3.63) is 95.3 Å². The van der Waals surface area contributed by atoms with E-state index in [1.54, 1.807) is 0 Å². The molecular weight excluding hydrogens is 410 g/mol. The summed E-state index contributed by atoms with van der Waals surface area (Å²) < 4.78 is 8.26. The first-order chi connectivity index (χ1) is 16.0. The van der Waals surface area contributed by atoms with Crippen LogP contribution in [-0.2, 0) is 17.8 Å². The van der Waals surface area contributed by atoms with Gasteiger partial charge in [0, 0.05) is 6.42 Å². The van der Waals surface area contributed by atoms with Crippen LogP contribution < -0.4 is 10.1 Å². The zero-order chi connectivity index (χ0) is 23.2. The normalized spacial score (nSPS) is 12.0. The molecule has 1 heterocycles. The molecule has 1 N–H and O–H groups in total. The van der Waals surface area contributed by atoms with Crippen molar-refractivity contribution in [3.8, 4) is 5.75 Å². The number of amides is 1. The molecule has 0 aliphatic heterocycles. The Hall–Kier alpha value is -3.60. The monoisotopic (exact) mass is 441 g/mol. The van der Waals surface area contributed by atoms with Gasteiger partial charge in [0.1, 0.15) is 18.2 Å². The third-order valence-electron chi connectivity index (χ3n) is 5.85. The molecule has 0 aliphatic carbocycles. The van der Waals surface area contributed by atoms with Crippen LogP contribution in [0.5, 0.6) is 5.75 Å². The highest BCUT2D eigenvalue weighted by Gasteiger charge is 2.18. The molecule has 1 aromatic heterocycles. The molecule has 170 valence electrons. The van der Waals surface area contributed by atoms with Crippen LogP contribution in [0.15, 0.2) is 72.8 Å². The van der Waals surface area contributed by atoms with E-state index < -0.39 is 0 Å². The van der Waals surface area contributed by atoms with Crippen LogP contribution in [0.3, 0.4) is 0 Å². The lowest BCUT2D eigenvalue weighted by Gasteiger charge is -2.17. The van der Waals surface area contributed by atoms with Gasteiger partial charge in [-0.15, -0.1) is 0 Å². The van der Waals surface area contributed by atoms with Crippen LogP contribution in [0.25, 0.3) is 11.0 Å². The van der Waals surface area contributed by atoms with Gasteiger partial charge in [-0.25, -0.2) is 4.98 Å². The largest absolute Gasteiger partial charge is 0.491 e. The molecule has 4 aromatic rings. The van der Waals surface area contributed by atoms with E-state index in [0.717, 1.165) is 40.2 Å². The Morgan fingerprint density at radius 1 is 1.03 bits per heavy atom. The Balaban J connectivity index is 1.45. The molecule has 1 unspecified atom stereocenters. The lowest BCUT2D eigenvalue weighted by molar-refractivity contribution is -0.121. The minimum atomic E-state index is -0.207. The SMILES string of the molecule is Cc1ccc(C)c(OCCn2c(C(C)NC(=O)CCc3ccccc3)nc3ccccc32)c1. The Morgan fingerprint density at radius 2 is 1.79 bits per heavy atom. The van der Waals surface area contributed by atoms with Gasteiger partial charge in [0.15, 0.2) is 0 Å². The zero-order valence-electron chi connectivity index (χ0n) is 19.5. The van der Waals surface area contributed by atoms with E-state index in [1.807, 2.05) is 55.5 Å². The molecule has 0 saturated carbocycles. The maximum Gasteiger partial charge on any atom is 0.220 e. The Labute approximate surface area is 195 Å². The number of benzene rings is 3. The molecule has 1 atom stereocenters. The number of para-hydroxylation sites is 2. The van der Waals surface area contributed by atoms with Gasteiger partial charge in [0.05, 0.1) is 23.6 Å². The Morgan fingerprint density at radius 3 is 2.61 bits per heavy atom. The molecule has 0 bridgehead atoms. The van der Waals surface area contributed by atoms with Gasteiger partial charge >= 0.3 is 0 Å². The molecule has 1 amide bonds. The minimum absolute atomic E-state index is 0.0246. The first-order valence-corrected chi connectivity index (χ1v) is 11.5. The van der Waals surface area contributed by atoms with Gasteiger partial charge < -0.3 is 14.6 Å². The summed E-state index contributed by atoms with van der Waals surface area (Å²) in [5, 5.41) is 3.13. The van der Waals surface area contributed by atoms with Crippen molar-refractivity contribution in [1.82, 2.24) is 14.9 Å². The molecule has 0 fully saturated rings. The molecule has 0 aliphatic rings. The minimum Gasteiger partial charge on any atom is -0.491 e. The van der Waals surface area contributed by atoms with Gasteiger partial charge in [-0.2, -0.15) is 0 Å². The van der Waals surface area contributed by atoms with Crippen molar-refractivity contribution in [2.24, 2.45) is 0 Å². The van der Waals surface area contributed by atoms with Crippen molar-refractivity contribution in [2.45, 2.75) is 46.2 Å². The van der Waals surface area contributed by atoms with Crippen molar-refractivity contribution in [3.63, 3.8) is 0 Å². The van der Waals surface area contributed by atoms with Gasteiger partial charge in [0.25, 0.3) is 0 Å². The van der Waals surface area contributed by atoms with Crippen molar-refractivity contribution < 1.29 is 9.53 Å². The summed E-state index contributed by atoms with van der Waals surface area (Å²) in [7, 11) is 0. The van der Waals surface area contributed by atoms with Gasteiger partial charge in [-0.1, -0.05) is 54.6 Å². The second kappa shape index (κ2) is 10.3. The van der Waals surface area contributed by atoms with E-state index >= 15 is 0 Å². The molecule has 0 radical (unpaired) electrons.